The lowest BCUT2D eigenvalue weighted by Crippen LogP contribution is -2.42. The molecule has 0 atom stereocenters. The first-order valence-electron chi connectivity index (χ1n) is 11.3. The Kier molecular flexibility index (Phi) is 9.18. The molecular formula is C23H39N3O4. The first-order chi connectivity index (χ1) is 14.1. The van der Waals surface area contributed by atoms with Crippen LogP contribution in [0.5, 0.6) is 0 Å². The fourth-order valence-corrected chi connectivity index (χ4v) is 4.13. The molecule has 2 rings (SSSR count). The summed E-state index contributed by atoms with van der Waals surface area (Å²) in [5.41, 5.74) is 0.654. The van der Waals surface area contributed by atoms with Gasteiger partial charge in [-0.25, -0.2) is 4.79 Å². The molecule has 1 saturated heterocycles. The Morgan fingerprint density at radius 3 is 2.27 bits per heavy atom. The minimum absolute atomic E-state index is 0.00567. The van der Waals surface area contributed by atoms with E-state index in [1.807, 2.05) is 4.90 Å². The molecule has 0 aromatic carbocycles. The molecule has 1 aliphatic carbocycles. The second kappa shape index (κ2) is 11.4. The third kappa shape index (κ3) is 8.76. The first-order valence-corrected chi connectivity index (χ1v) is 11.3. The molecule has 3 amide bonds. The predicted molar refractivity (Wildman–Crippen MR) is 117 cm³/mol. The van der Waals surface area contributed by atoms with Crippen molar-refractivity contribution >= 4 is 17.9 Å². The van der Waals surface area contributed by atoms with Crippen LogP contribution in [0.4, 0.5) is 4.79 Å². The quantitative estimate of drug-likeness (QED) is 0.617. The predicted octanol–water partition coefficient (Wildman–Crippen LogP) is 3.39. The molecule has 2 N–H and O–H groups in total. The second-order valence-electron chi connectivity index (χ2n) is 9.62. The molecule has 1 aliphatic heterocycles. The van der Waals surface area contributed by atoms with E-state index in [1.54, 1.807) is 26.8 Å². The lowest BCUT2D eigenvalue weighted by molar-refractivity contribution is -0.132. The molecule has 170 valence electrons. The number of nitrogens with one attached hydrogen (secondary N) is 2. The van der Waals surface area contributed by atoms with Crippen LogP contribution in [0.15, 0.2) is 11.6 Å². The van der Waals surface area contributed by atoms with E-state index in [-0.39, 0.29) is 24.8 Å². The zero-order valence-corrected chi connectivity index (χ0v) is 19.1. The number of nitrogens with zero attached hydrogens (tertiary/aromatic N) is 1. The fraction of sp³-hybridized carbons (Fsp3) is 0.783. The van der Waals surface area contributed by atoms with Gasteiger partial charge in [-0.15, -0.1) is 0 Å². The number of alkyl carbamates (subject to hydrolysis) is 1. The molecule has 2 fully saturated rings. The SMILES string of the molecule is C/C(=C\C(=O)NCC1CCN(C(=O)CCNC(=O)OC(C)(C)C)CC1)C1CCCC1. The average Bonchev–Trinajstić information content (AvgIpc) is 3.20. The second-order valence-corrected chi connectivity index (χ2v) is 9.62. The molecule has 1 heterocycles. The Labute approximate surface area is 181 Å². The average molecular weight is 422 g/mol. The zero-order valence-electron chi connectivity index (χ0n) is 19.1. The van der Waals surface area contributed by atoms with Crippen molar-refractivity contribution in [3.05, 3.63) is 11.6 Å². The molecular weight excluding hydrogens is 382 g/mol. The smallest absolute Gasteiger partial charge is 0.407 e. The van der Waals surface area contributed by atoms with Crippen molar-refractivity contribution in [2.24, 2.45) is 11.8 Å². The van der Waals surface area contributed by atoms with Gasteiger partial charge in [0.1, 0.15) is 5.60 Å². The number of likely N-dealkylation sites (tertiary alicyclic amines) is 1. The normalized spacial score (nSPS) is 18.9. The Balaban J connectivity index is 1.61. The van der Waals surface area contributed by atoms with E-state index in [0.717, 1.165) is 12.8 Å². The fourth-order valence-electron chi connectivity index (χ4n) is 4.13. The molecule has 0 radical (unpaired) electrons. The maximum absolute atomic E-state index is 12.3. The molecule has 7 nitrogen and oxygen atoms in total. The Bertz CT molecular complexity index is 625. The van der Waals surface area contributed by atoms with Gasteiger partial charge in [0.05, 0.1) is 0 Å². The van der Waals surface area contributed by atoms with Gasteiger partial charge in [0.15, 0.2) is 0 Å². The lowest BCUT2D eigenvalue weighted by Gasteiger charge is -2.32. The minimum Gasteiger partial charge on any atom is -0.444 e. The molecule has 0 unspecified atom stereocenters. The molecule has 30 heavy (non-hydrogen) atoms. The van der Waals surface area contributed by atoms with Crippen LogP contribution in [-0.2, 0) is 14.3 Å². The van der Waals surface area contributed by atoms with Gasteiger partial charge in [0.25, 0.3) is 0 Å². The summed E-state index contributed by atoms with van der Waals surface area (Å²) in [6.45, 7) is 9.81. The number of ether oxygens (including phenoxy) is 1. The van der Waals surface area contributed by atoms with Gasteiger partial charge >= 0.3 is 6.09 Å². The maximum atomic E-state index is 12.3. The molecule has 0 aromatic heterocycles. The summed E-state index contributed by atoms with van der Waals surface area (Å²) >= 11 is 0. The third-order valence-electron chi connectivity index (χ3n) is 5.90. The highest BCUT2D eigenvalue weighted by Gasteiger charge is 2.23. The van der Waals surface area contributed by atoms with Crippen molar-refractivity contribution in [1.29, 1.82) is 0 Å². The number of piperidine rings is 1. The van der Waals surface area contributed by atoms with E-state index in [2.05, 4.69) is 17.6 Å². The van der Waals surface area contributed by atoms with Crippen LogP contribution in [0.1, 0.15) is 72.6 Å². The highest BCUT2D eigenvalue weighted by Crippen LogP contribution is 2.30. The maximum Gasteiger partial charge on any atom is 0.407 e. The largest absolute Gasteiger partial charge is 0.444 e. The van der Waals surface area contributed by atoms with Crippen LogP contribution >= 0.6 is 0 Å². The molecule has 0 aromatic rings. The zero-order chi connectivity index (χ0) is 22.1. The van der Waals surface area contributed by atoms with Gasteiger partial charge in [-0.05, 0) is 65.2 Å². The highest BCUT2D eigenvalue weighted by molar-refractivity contribution is 5.88. The summed E-state index contributed by atoms with van der Waals surface area (Å²) in [5, 5.41) is 5.66. The topological polar surface area (TPSA) is 87.7 Å². The van der Waals surface area contributed by atoms with E-state index in [0.29, 0.717) is 31.5 Å². The summed E-state index contributed by atoms with van der Waals surface area (Å²) in [6.07, 6.45) is 8.26. The number of hydrogen-bond donors (Lipinski definition) is 2. The monoisotopic (exact) mass is 421 g/mol. The first kappa shape index (κ1) is 24.2. The van der Waals surface area contributed by atoms with Crippen LogP contribution in [0.2, 0.25) is 0 Å². The van der Waals surface area contributed by atoms with E-state index < -0.39 is 11.7 Å². The van der Waals surface area contributed by atoms with Crippen molar-refractivity contribution in [2.75, 3.05) is 26.2 Å². The Morgan fingerprint density at radius 1 is 1.03 bits per heavy atom. The van der Waals surface area contributed by atoms with E-state index in [9.17, 15) is 14.4 Å². The molecule has 1 saturated carbocycles. The van der Waals surface area contributed by atoms with Gasteiger partial charge < -0.3 is 20.3 Å². The minimum atomic E-state index is -0.545. The Hall–Kier alpha value is -2.05. The van der Waals surface area contributed by atoms with Crippen molar-refractivity contribution < 1.29 is 19.1 Å². The van der Waals surface area contributed by atoms with Crippen LogP contribution in [0.3, 0.4) is 0 Å². The van der Waals surface area contributed by atoms with Crippen LogP contribution in [0, 0.1) is 11.8 Å². The molecule has 7 heteroatoms. The van der Waals surface area contributed by atoms with Crippen molar-refractivity contribution in [1.82, 2.24) is 15.5 Å². The number of allylic oxidation sites excluding steroid dienone is 1. The lowest BCUT2D eigenvalue weighted by atomic mass is 9.96. The van der Waals surface area contributed by atoms with Crippen molar-refractivity contribution in [3.63, 3.8) is 0 Å². The Morgan fingerprint density at radius 2 is 1.67 bits per heavy atom. The highest BCUT2D eigenvalue weighted by atomic mass is 16.6. The summed E-state index contributed by atoms with van der Waals surface area (Å²) in [6, 6.07) is 0. The summed E-state index contributed by atoms with van der Waals surface area (Å²) < 4.78 is 5.16. The number of carbonyl (C=O) groups excluding carboxylic acids is 3. The van der Waals surface area contributed by atoms with Crippen molar-refractivity contribution in [2.45, 2.75) is 78.2 Å². The van der Waals surface area contributed by atoms with E-state index in [4.69, 9.17) is 4.74 Å². The van der Waals surface area contributed by atoms with E-state index >= 15 is 0 Å². The number of amides is 3. The summed E-state index contributed by atoms with van der Waals surface area (Å²) in [5.74, 6) is 1.03. The molecule has 0 bridgehead atoms. The molecule has 0 spiro atoms. The van der Waals surface area contributed by atoms with Crippen LogP contribution in [0.25, 0.3) is 0 Å². The van der Waals surface area contributed by atoms with Gasteiger partial charge in [0, 0.05) is 38.7 Å². The van der Waals surface area contributed by atoms with Gasteiger partial charge in [-0.1, -0.05) is 18.4 Å². The van der Waals surface area contributed by atoms with Crippen molar-refractivity contribution in [3.8, 4) is 0 Å². The van der Waals surface area contributed by atoms with Gasteiger partial charge in [0.2, 0.25) is 11.8 Å². The summed E-state index contributed by atoms with van der Waals surface area (Å²) in [4.78, 5) is 38.0. The number of carbonyl (C=O) groups is 3. The van der Waals surface area contributed by atoms with Crippen LogP contribution in [-0.4, -0.2) is 54.6 Å². The van der Waals surface area contributed by atoms with E-state index in [1.165, 1.54) is 31.3 Å². The van der Waals surface area contributed by atoms with Gasteiger partial charge in [-0.3, -0.25) is 9.59 Å². The van der Waals surface area contributed by atoms with Crippen LogP contribution < -0.4 is 10.6 Å². The third-order valence-corrected chi connectivity index (χ3v) is 5.90. The molecule has 2 aliphatic rings. The summed E-state index contributed by atoms with van der Waals surface area (Å²) in [7, 11) is 0. The number of rotatable bonds is 7. The van der Waals surface area contributed by atoms with Gasteiger partial charge in [-0.2, -0.15) is 0 Å². The standard InChI is InChI=1S/C23H39N3O4/c1-17(19-7-5-6-8-19)15-20(27)25-16-18-10-13-26(14-11-18)21(28)9-12-24-22(29)30-23(2,3)4/h15,18-19H,5-14,16H2,1-4H3,(H,24,29)(H,25,27)/b17-15+. The number of hydrogen-bond acceptors (Lipinski definition) is 4.